The summed E-state index contributed by atoms with van der Waals surface area (Å²) in [5, 5.41) is 16.7. The molecule has 3 aromatic rings. The van der Waals surface area contributed by atoms with Gasteiger partial charge in [-0.15, -0.1) is 0 Å². The summed E-state index contributed by atoms with van der Waals surface area (Å²) in [6.07, 6.45) is 5.60. The van der Waals surface area contributed by atoms with Crippen molar-refractivity contribution < 1.29 is 11.0 Å². The van der Waals surface area contributed by atoms with Gasteiger partial charge in [-0.25, -0.2) is 9.45 Å². The number of rotatable bonds is 4. The Morgan fingerprint density at radius 1 is 1.20 bits per heavy atom. The second-order valence-corrected chi connectivity index (χ2v) is 8.54. The number of hydrogen-bond donors (Lipinski definition) is 2. The number of amidine groups is 1. The Morgan fingerprint density at radius 2 is 1.93 bits per heavy atom. The SMILES string of the molecule is [H]/N=C(/C(C)[C@H]1CC[C@H](c2ccnc3ccc(F)cc32)CC1)N(O)c1ccc(Cl)cc1. The first-order chi connectivity index (χ1) is 15.0. The van der Waals surface area contributed by atoms with Crippen molar-refractivity contribution in [2.24, 2.45) is 11.8 Å². The van der Waals surface area contributed by atoms with Gasteiger partial charge in [0.05, 0.1) is 11.2 Å². The third-order valence-electron chi connectivity index (χ3n) is 6.35. The van der Waals surface area contributed by atoms with Gasteiger partial charge in [-0.2, -0.15) is 0 Å². The molecule has 30 heavy (non-hydrogen) atoms. The Kier molecular flexibility index (Phi) is 5.65. The van der Waals surface area contributed by atoms with Crippen LogP contribution in [0.3, 0.4) is 0 Å². The predicted molar refractivity (Wildman–Crippen MR) is 119 cm³/mol. The molecule has 156 valence electrons. The highest BCUT2D eigenvalue weighted by molar-refractivity contribution is 6.30. The van der Waals surface area contributed by atoms with Crippen molar-refractivity contribution in [3.63, 3.8) is 0 Å². The minimum atomic E-state index is -0.245. The van der Waals surface area contributed by atoms with Crippen LogP contribution in [0, 0.1) is 23.1 Å². The fraction of sp³-hybridized carbons (Fsp3) is 0.333. The van der Waals surface area contributed by atoms with E-state index in [1.807, 2.05) is 13.0 Å². The van der Waals surface area contributed by atoms with Gasteiger partial charge >= 0.3 is 0 Å². The summed E-state index contributed by atoms with van der Waals surface area (Å²) in [7, 11) is 0. The predicted octanol–water partition coefficient (Wildman–Crippen LogP) is 6.81. The van der Waals surface area contributed by atoms with Gasteiger partial charge in [0.1, 0.15) is 11.7 Å². The first-order valence-electron chi connectivity index (χ1n) is 10.7. The van der Waals surface area contributed by atoms with Crippen molar-refractivity contribution in [3.05, 3.63) is 71.1 Å². The fourth-order valence-electron chi connectivity index (χ4n) is 4.54. The summed E-state index contributed by atoms with van der Waals surface area (Å²) in [4.78, 5) is 4.36. The number of nitrogens with zero attached hydrogens (tertiary/aromatic N) is 2. The number of hydrogen-bond acceptors (Lipinski definition) is 3. The van der Waals surface area contributed by atoms with Gasteiger partial charge in [0.2, 0.25) is 0 Å². The Balaban J connectivity index is 1.47. The molecule has 0 saturated heterocycles. The molecule has 0 aliphatic heterocycles. The quantitative estimate of drug-likeness (QED) is 0.274. The van der Waals surface area contributed by atoms with Crippen LogP contribution in [0.15, 0.2) is 54.7 Å². The number of hydroxylamine groups is 1. The molecule has 0 radical (unpaired) electrons. The van der Waals surface area contributed by atoms with Crippen LogP contribution in [-0.4, -0.2) is 16.0 Å². The molecule has 4 rings (SSSR count). The van der Waals surface area contributed by atoms with Crippen molar-refractivity contribution in [3.8, 4) is 0 Å². The molecule has 0 spiro atoms. The minimum Gasteiger partial charge on any atom is -0.286 e. The molecule has 2 aromatic carbocycles. The highest BCUT2D eigenvalue weighted by atomic mass is 35.5. The summed E-state index contributed by atoms with van der Waals surface area (Å²) in [5.74, 6) is 0.638. The van der Waals surface area contributed by atoms with Crippen molar-refractivity contribution >= 4 is 34.0 Å². The molecule has 1 fully saturated rings. The van der Waals surface area contributed by atoms with E-state index in [2.05, 4.69) is 10.4 Å². The van der Waals surface area contributed by atoms with Crippen LogP contribution in [0.5, 0.6) is 0 Å². The number of anilines is 1. The maximum Gasteiger partial charge on any atom is 0.189 e. The summed E-state index contributed by atoms with van der Waals surface area (Å²) in [6.45, 7) is 2.01. The van der Waals surface area contributed by atoms with Crippen LogP contribution in [0.2, 0.25) is 6.43 Å². The molecule has 2 N–H and O–H groups in total. The largest absolute Gasteiger partial charge is 0.286 e. The zero-order chi connectivity index (χ0) is 22.0. The van der Waals surface area contributed by atoms with Crippen molar-refractivity contribution in [2.45, 2.75) is 38.5 Å². The average Bonchev–Trinajstić information content (AvgIpc) is 2.79. The van der Waals surface area contributed by atoms with E-state index in [9.17, 15) is 9.60 Å². The molecular weight excluding hydrogens is 401 g/mol. The number of benzene rings is 2. The van der Waals surface area contributed by atoms with Crippen LogP contribution >= 0.6 is 11.6 Å². The molecule has 0 bridgehead atoms. The molecule has 1 atom stereocenters. The average molecular weight is 426 g/mol. The van der Waals surface area contributed by atoms with E-state index < -0.39 is 0 Å². The van der Waals surface area contributed by atoms with Gasteiger partial charge in [0, 0.05) is 22.5 Å². The maximum absolute atomic E-state index is 13.8. The third-order valence-corrected chi connectivity index (χ3v) is 6.60. The zero-order valence-corrected chi connectivity index (χ0v) is 17.6. The normalized spacial score (nSPS) is 21.3. The fourth-order valence-corrected chi connectivity index (χ4v) is 4.67. The number of halogens is 2. The lowest BCUT2D eigenvalue weighted by atomic mass is 9.73. The van der Waals surface area contributed by atoms with Crippen molar-refractivity contribution in [1.29, 1.82) is 5.40 Å². The first-order valence-corrected chi connectivity index (χ1v) is 10.7. The summed E-state index contributed by atoms with van der Waals surface area (Å²) < 4.78 is 21.5. The highest BCUT2D eigenvalue weighted by Gasteiger charge is 2.30. The highest BCUT2D eigenvalue weighted by Crippen LogP contribution is 2.41. The standard InChI is InChI=1S/C24H25ClFN3O/c1-15(24(27)29(30)20-9-6-18(25)7-10-20)16-2-4-17(5-3-16)21-12-13-28-23-11-8-19(26)14-22(21)23/h6-17,27,30H,2-5H2,1H3/b27-24-/t15?,16-,17-. The maximum atomic E-state index is 13.8. The van der Waals surface area contributed by atoms with E-state index in [1.54, 1.807) is 42.6 Å². The Bertz CT molecular complexity index is 1080. The number of fused-ring (bicyclic) bond motifs is 1. The molecule has 4 nitrogen and oxygen atoms in total. The second-order valence-electron chi connectivity index (χ2n) is 8.11. The number of nitrogens with one attached hydrogen (secondary N) is 1. The topological polar surface area (TPSA) is 60.2 Å². The molecule has 1 saturated carbocycles. The van der Waals surface area contributed by atoms with Gasteiger partial charge in [-0.3, -0.25) is 15.6 Å². The van der Waals surface area contributed by atoms with E-state index in [4.69, 9.17) is 13.0 Å². The van der Waals surface area contributed by atoms with Gasteiger partial charge in [0.25, 0.3) is 0 Å². The Labute approximate surface area is 182 Å². The van der Waals surface area contributed by atoms with Crippen molar-refractivity contribution in [1.82, 2.24) is 4.98 Å². The molecule has 1 heterocycles. The molecule has 1 aromatic heterocycles. The van der Waals surface area contributed by atoms with Gasteiger partial charge in [-0.1, -0.05) is 18.5 Å². The van der Waals surface area contributed by atoms with Gasteiger partial charge in [0.15, 0.2) is 1.41 Å². The van der Waals surface area contributed by atoms with Crippen LogP contribution in [0.4, 0.5) is 10.1 Å². The molecular formula is C24H25ClFN3O. The van der Waals surface area contributed by atoms with E-state index in [0.717, 1.165) is 47.2 Å². The smallest absolute Gasteiger partial charge is 0.189 e. The van der Waals surface area contributed by atoms with Crippen molar-refractivity contribution in [2.75, 3.05) is 5.06 Å². The van der Waals surface area contributed by atoms with Crippen LogP contribution in [-0.2, 0) is 0 Å². The van der Waals surface area contributed by atoms with E-state index >= 15 is 0 Å². The Morgan fingerprint density at radius 3 is 2.63 bits per heavy atom. The first kappa shape index (κ1) is 19.5. The minimum absolute atomic E-state index is 0.0780. The zero-order valence-electron chi connectivity index (χ0n) is 17.8. The third kappa shape index (κ3) is 4.18. The summed E-state index contributed by atoms with van der Waals surface area (Å²) in [5.41, 5.74) is 2.49. The molecule has 1 aliphatic carbocycles. The van der Waals surface area contributed by atoms with E-state index in [1.165, 1.54) is 6.07 Å². The summed E-state index contributed by atoms with van der Waals surface area (Å²) in [6, 6.07) is 13.5. The summed E-state index contributed by atoms with van der Waals surface area (Å²) >= 11 is 5.93. The van der Waals surface area contributed by atoms with Gasteiger partial charge in [-0.05, 0) is 91.6 Å². The Hall–Kier alpha value is -2.50. The number of pyridine rings is 1. The van der Waals surface area contributed by atoms with E-state index in [0.29, 0.717) is 28.4 Å². The lowest BCUT2D eigenvalue weighted by Gasteiger charge is -2.34. The van der Waals surface area contributed by atoms with E-state index in [-0.39, 0.29) is 11.7 Å². The van der Waals surface area contributed by atoms with Gasteiger partial charge < -0.3 is 0 Å². The lowest BCUT2D eigenvalue weighted by Crippen LogP contribution is -2.36. The van der Waals surface area contributed by atoms with Crippen LogP contribution in [0.25, 0.3) is 10.9 Å². The monoisotopic (exact) mass is 425 g/mol. The number of aromatic nitrogens is 1. The lowest BCUT2D eigenvalue weighted by molar-refractivity contribution is 0.262. The van der Waals surface area contributed by atoms with Crippen LogP contribution in [0.1, 0.15) is 44.1 Å². The molecule has 6 heteroatoms. The second kappa shape index (κ2) is 8.70. The molecule has 1 aliphatic rings. The molecule has 1 unspecified atom stereocenters. The molecule has 0 amide bonds. The van der Waals surface area contributed by atoms with Crippen LogP contribution < -0.4 is 5.06 Å².